The van der Waals surface area contributed by atoms with Crippen molar-refractivity contribution in [3.05, 3.63) is 59.7 Å². The second-order valence-electron chi connectivity index (χ2n) is 6.80. The van der Waals surface area contributed by atoms with E-state index in [2.05, 4.69) is 24.5 Å². The molecule has 0 bridgehead atoms. The molecular weight excluding hydrogens is 356 g/mol. The van der Waals surface area contributed by atoms with Gasteiger partial charge in [-0.05, 0) is 54.8 Å². The van der Waals surface area contributed by atoms with Crippen molar-refractivity contribution in [2.24, 2.45) is 0 Å². The van der Waals surface area contributed by atoms with Crippen LogP contribution in [0.4, 0.5) is 5.69 Å². The zero-order valence-electron chi connectivity index (χ0n) is 16.8. The lowest BCUT2D eigenvalue weighted by molar-refractivity contribution is -0.122. The van der Waals surface area contributed by atoms with Gasteiger partial charge in [-0.1, -0.05) is 26.0 Å². The molecule has 0 aromatic heterocycles. The first kappa shape index (κ1) is 21.4. The molecule has 2 aromatic carbocycles. The smallest absolute Gasteiger partial charge is 0.265 e. The summed E-state index contributed by atoms with van der Waals surface area (Å²) in [6.45, 7) is 6.85. The Morgan fingerprint density at radius 3 is 2.18 bits per heavy atom. The number of benzene rings is 2. The molecule has 2 N–H and O–H groups in total. The van der Waals surface area contributed by atoms with Gasteiger partial charge in [-0.15, -0.1) is 0 Å². The number of carbonyl (C=O) groups is 2. The Hall–Kier alpha value is -2.86. The third kappa shape index (κ3) is 6.39. The van der Waals surface area contributed by atoms with Gasteiger partial charge in [0, 0.05) is 24.9 Å². The minimum Gasteiger partial charge on any atom is -0.481 e. The molecule has 2 aromatic rings. The Kier molecular flexibility index (Phi) is 8.02. The van der Waals surface area contributed by atoms with E-state index in [1.807, 2.05) is 24.3 Å². The van der Waals surface area contributed by atoms with Crippen LogP contribution in [0.1, 0.15) is 42.6 Å². The van der Waals surface area contributed by atoms with Gasteiger partial charge < -0.3 is 20.1 Å². The molecule has 0 aliphatic carbocycles. The summed E-state index contributed by atoms with van der Waals surface area (Å²) in [5.74, 6) is 0.650. The molecule has 0 saturated heterocycles. The van der Waals surface area contributed by atoms with Gasteiger partial charge in [0.1, 0.15) is 5.75 Å². The quantitative estimate of drug-likeness (QED) is 0.648. The number of carbonyl (C=O) groups excluding carboxylic acids is 2. The van der Waals surface area contributed by atoms with Crippen molar-refractivity contribution in [1.82, 2.24) is 5.32 Å². The Morgan fingerprint density at radius 2 is 1.61 bits per heavy atom. The highest BCUT2D eigenvalue weighted by Gasteiger charge is 2.15. The van der Waals surface area contributed by atoms with Crippen molar-refractivity contribution in [3.63, 3.8) is 0 Å². The largest absolute Gasteiger partial charge is 0.481 e. The van der Waals surface area contributed by atoms with Crippen molar-refractivity contribution in [3.8, 4) is 5.75 Å². The van der Waals surface area contributed by atoms with Crippen LogP contribution in [-0.4, -0.2) is 38.2 Å². The number of methoxy groups -OCH3 is 1. The van der Waals surface area contributed by atoms with Crippen LogP contribution in [-0.2, 0) is 9.53 Å². The Labute approximate surface area is 166 Å². The zero-order valence-corrected chi connectivity index (χ0v) is 16.8. The monoisotopic (exact) mass is 384 g/mol. The lowest BCUT2D eigenvalue weighted by Gasteiger charge is -2.15. The number of hydrogen-bond acceptors (Lipinski definition) is 4. The molecule has 150 valence electrons. The van der Waals surface area contributed by atoms with E-state index >= 15 is 0 Å². The molecule has 0 spiro atoms. The normalized spacial score (nSPS) is 11.8. The fraction of sp³-hybridized carbons (Fsp3) is 0.364. The van der Waals surface area contributed by atoms with Crippen molar-refractivity contribution in [2.45, 2.75) is 32.8 Å². The average molecular weight is 384 g/mol. The van der Waals surface area contributed by atoms with E-state index in [4.69, 9.17) is 9.47 Å². The van der Waals surface area contributed by atoms with Crippen LogP contribution in [0.5, 0.6) is 5.75 Å². The first-order chi connectivity index (χ1) is 13.4. The molecule has 2 amide bonds. The summed E-state index contributed by atoms with van der Waals surface area (Å²) >= 11 is 0. The molecule has 0 radical (unpaired) electrons. The van der Waals surface area contributed by atoms with Crippen LogP contribution in [0.15, 0.2) is 48.5 Å². The standard InChI is InChI=1S/C22H28N2O4/c1-15(2)17-7-11-20(12-8-17)28-16(3)21(25)24-19-9-5-18(6-10-19)22(26)23-13-14-27-4/h5-12,15-16H,13-14H2,1-4H3,(H,23,26)(H,24,25). The van der Waals surface area contributed by atoms with Crippen molar-refractivity contribution in [1.29, 1.82) is 0 Å². The minimum atomic E-state index is -0.651. The number of ether oxygens (including phenoxy) is 2. The summed E-state index contributed by atoms with van der Waals surface area (Å²) in [5, 5.41) is 5.54. The van der Waals surface area contributed by atoms with Gasteiger partial charge in [0.15, 0.2) is 6.10 Å². The summed E-state index contributed by atoms with van der Waals surface area (Å²) in [6, 6.07) is 14.4. The molecule has 0 heterocycles. The van der Waals surface area contributed by atoms with Gasteiger partial charge >= 0.3 is 0 Å². The minimum absolute atomic E-state index is 0.184. The van der Waals surface area contributed by atoms with Crippen LogP contribution >= 0.6 is 0 Å². The molecule has 0 saturated carbocycles. The topological polar surface area (TPSA) is 76.7 Å². The molecule has 6 heteroatoms. The molecule has 6 nitrogen and oxygen atoms in total. The molecule has 0 aliphatic heterocycles. The Morgan fingerprint density at radius 1 is 0.964 bits per heavy atom. The maximum Gasteiger partial charge on any atom is 0.265 e. The molecular formula is C22H28N2O4. The maximum atomic E-state index is 12.4. The summed E-state index contributed by atoms with van der Waals surface area (Å²) in [4.78, 5) is 24.3. The fourth-order valence-electron chi connectivity index (χ4n) is 2.51. The van der Waals surface area contributed by atoms with Crippen LogP contribution in [0.3, 0.4) is 0 Å². The molecule has 0 fully saturated rings. The van der Waals surface area contributed by atoms with E-state index in [-0.39, 0.29) is 11.8 Å². The van der Waals surface area contributed by atoms with Crippen LogP contribution in [0.25, 0.3) is 0 Å². The van der Waals surface area contributed by atoms with Gasteiger partial charge in [-0.3, -0.25) is 9.59 Å². The first-order valence-electron chi connectivity index (χ1n) is 9.35. The highest BCUT2D eigenvalue weighted by atomic mass is 16.5. The van der Waals surface area contributed by atoms with Gasteiger partial charge in [0.25, 0.3) is 11.8 Å². The van der Waals surface area contributed by atoms with Gasteiger partial charge in [-0.2, -0.15) is 0 Å². The average Bonchev–Trinajstić information content (AvgIpc) is 2.69. The number of hydrogen-bond donors (Lipinski definition) is 2. The van der Waals surface area contributed by atoms with Crippen LogP contribution in [0, 0.1) is 0 Å². The van der Waals surface area contributed by atoms with Crippen molar-refractivity contribution >= 4 is 17.5 Å². The second-order valence-corrected chi connectivity index (χ2v) is 6.80. The van der Waals surface area contributed by atoms with Crippen LogP contribution < -0.4 is 15.4 Å². The maximum absolute atomic E-state index is 12.4. The van der Waals surface area contributed by atoms with E-state index in [1.54, 1.807) is 38.3 Å². The number of anilines is 1. The van der Waals surface area contributed by atoms with E-state index < -0.39 is 6.10 Å². The molecule has 1 unspecified atom stereocenters. The third-order valence-corrected chi connectivity index (χ3v) is 4.24. The van der Waals surface area contributed by atoms with Crippen molar-refractivity contribution in [2.75, 3.05) is 25.6 Å². The fourth-order valence-corrected chi connectivity index (χ4v) is 2.51. The lowest BCUT2D eigenvalue weighted by Crippen LogP contribution is -2.30. The van der Waals surface area contributed by atoms with Gasteiger partial charge in [0.2, 0.25) is 0 Å². The number of nitrogens with one attached hydrogen (secondary N) is 2. The summed E-state index contributed by atoms with van der Waals surface area (Å²) in [6.07, 6.45) is -0.651. The molecule has 28 heavy (non-hydrogen) atoms. The number of rotatable bonds is 9. The highest BCUT2D eigenvalue weighted by molar-refractivity contribution is 5.96. The van der Waals surface area contributed by atoms with Gasteiger partial charge in [0.05, 0.1) is 6.61 Å². The summed E-state index contributed by atoms with van der Waals surface area (Å²) < 4.78 is 10.6. The van der Waals surface area contributed by atoms with Crippen LogP contribution in [0.2, 0.25) is 0 Å². The molecule has 1 atom stereocenters. The summed E-state index contributed by atoms with van der Waals surface area (Å²) in [7, 11) is 1.58. The molecule has 0 aliphatic rings. The predicted octanol–water partition coefficient (Wildman–Crippen LogP) is 3.59. The SMILES string of the molecule is COCCNC(=O)c1ccc(NC(=O)C(C)Oc2ccc(C(C)C)cc2)cc1. The van der Waals surface area contributed by atoms with E-state index in [1.165, 1.54) is 5.56 Å². The zero-order chi connectivity index (χ0) is 20.5. The van der Waals surface area contributed by atoms with E-state index in [0.29, 0.717) is 36.1 Å². The predicted molar refractivity (Wildman–Crippen MR) is 110 cm³/mol. The third-order valence-electron chi connectivity index (χ3n) is 4.24. The second kappa shape index (κ2) is 10.5. The number of amides is 2. The van der Waals surface area contributed by atoms with Crippen molar-refractivity contribution < 1.29 is 19.1 Å². The highest BCUT2D eigenvalue weighted by Crippen LogP contribution is 2.20. The first-order valence-corrected chi connectivity index (χ1v) is 9.35. The van der Waals surface area contributed by atoms with E-state index in [0.717, 1.165) is 0 Å². The van der Waals surface area contributed by atoms with E-state index in [9.17, 15) is 9.59 Å². The van der Waals surface area contributed by atoms with Gasteiger partial charge in [-0.25, -0.2) is 0 Å². The lowest BCUT2D eigenvalue weighted by atomic mass is 10.0. The Bertz CT molecular complexity index is 770. The summed E-state index contributed by atoms with van der Waals surface area (Å²) in [5.41, 5.74) is 2.34. The Balaban J connectivity index is 1.88. The molecule has 2 rings (SSSR count).